The van der Waals surface area contributed by atoms with Gasteiger partial charge in [-0.2, -0.15) is 0 Å². The minimum Gasteiger partial charge on any atom is -0.508 e. The molecule has 152 valence electrons. The summed E-state index contributed by atoms with van der Waals surface area (Å²) in [6, 6.07) is 11.4. The monoisotopic (exact) mass is 416 g/mol. The molecule has 2 N–H and O–H groups in total. The fourth-order valence-corrected chi connectivity index (χ4v) is 5.39. The van der Waals surface area contributed by atoms with Gasteiger partial charge in [0.2, 0.25) is 0 Å². The van der Waals surface area contributed by atoms with Crippen LogP contribution in [-0.2, 0) is 19.3 Å². The van der Waals surface area contributed by atoms with E-state index in [-0.39, 0.29) is 0 Å². The summed E-state index contributed by atoms with van der Waals surface area (Å²) in [6.45, 7) is 0.822. The smallest absolute Gasteiger partial charge is 0.163 e. The van der Waals surface area contributed by atoms with Crippen molar-refractivity contribution in [1.82, 2.24) is 15.0 Å². The van der Waals surface area contributed by atoms with E-state index in [9.17, 15) is 5.11 Å². The summed E-state index contributed by atoms with van der Waals surface area (Å²) < 4.78 is 0. The fourth-order valence-electron chi connectivity index (χ4n) is 4.13. The second kappa shape index (κ2) is 8.40. The molecule has 0 saturated carbocycles. The summed E-state index contributed by atoms with van der Waals surface area (Å²) in [4.78, 5) is 16.5. The Morgan fingerprint density at radius 2 is 1.90 bits per heavy atom. The molecular weight excluding hydrogens is 392 g/mol. The molecule has 1 aliphatic carbocycles. The zero-order chi connectivity index (χ0) is 20.3. The van der Waals surface area contributed by atoms with E-state index < -0.39 is 0 Å². The summed E-state index contributed by atoms with van der Waals surface area (Å²) in [7, 11) is 0. The van der Waals surface area contributed by atoms with Crippen LogP contribution in [0.1, 0.15) is 35.3 Å². The van der Waals surface area contributed by atoms with Crippen molar-refractivity contribution in [1.29, 1.82) is 0 Å². The SMILES string of the molecule is Oc1cccc(CCCNc2nc(-c3ccncc3)nc3sc4c(c23)CCCC4)c1. The van der Waals surface area contributed by atoms with E-state index in [0.29, 0.717) is 5.75 Å². The number of anilines is 1. The Balaban J connectivity index is 1.43. The van der Waals surface area contributed by atoms with Gasteiger partial charge in [-0.1, -0.05) is 12.1 Å². The molecule has 0 aliphatic heterocycles. The van der Waals surface area contributed by atoms with Crippen molar-refractivity contribution in [3.8, 4) is 17.1 Å². The van der Waals surface area contributed by atoms with Gasteiger partial charge in [0.1, 0.15) is 16.4 Å². The van der Waals surface area contributed by atoms with Crippen molar-refractivity contribution in [3.63, 3.8) is 0 Å². The molecule has 0 amide bonds. The molecule has 1 aromatic carbocycles. The van der Waals surface area contributed by atoms with Crippen LogP contribution in [0.2, 0.25) is 0 Å². The van der Waals surface area contributed by atoms with Gasteiger partial charge in [-0.3, -0.25) is 4.98 Å². The summed E-state index contributed by atoms with van der Waals surface area (Å²) in [6.07, 6.45) is 10.2. The van der Waals surface area contributed by atoms with E-state index in [1.807, 2.05) is 35.6 Å². The van der Waals surface area contributed by atoms with Gasteiger partial charge < -0.3 is 10.4 Å². The molecule has 4 aromatic rings. The molecule has 0 radical (unpaired) electrons. The van der Waals surface area contributed by atoms with Crippen molar-refractivity contribution >= 4 is 27.4 Å². The molecule has 0 spiro atoms. The third-order valence-electron chi connectivity index (χ3n) is 5.60. The molecule has 30 heavy (non-hydrogen) atoms. The highest BCUT2D eigenvalue weighted by atomic mass is 32.1. The number of aromatic nitrogens is 3. The highest BCUT2D eigenvalue weighted by Gasteiger charge is 2.21. The normalized spacial score (nSPS) is 13.3. The average molecular weight is 417 g/mol. The van der Waals surface area contributed by atoms with Gasteiger partial charge in [0.05, 0.1) is 5.39 Å². The molecule has 0 bridgehead atoms. The molecule has 0 unspecified atom stereocenters. The topological polar surface area (TPSA) is 70.9 Å². The minimum atomic E-state index is 0.324. The summed E-state index contributed by atoms with van der Waals surface area (Å²) in [5, 5.41) is 14.5. The highest BCUT2D eigenvalue weighted by Crippen LogP contribution is 2.39. The average Bonchev–Trinajstić information content (AvgIpc) is 3.16. The molecule has 3 aromatic heterocycles. The Labute approximate surface area is 179 Å². The van der Waals surface area contributed by atoms with E-state index in [1.165, 1.54) is 28.7 Å². The Hall–Kier alpha value is -2.99. The Morgan fingerprint density at radius 1 is 1.03 bits per heavy atom. The zero-order valence-corrected chi connectivity index (χ0v) is 17.6. The van der Waals surface area contributed by atoms with Crippen LogP contribution in [0.4, 0.5) is 5.82 Å². The maximum atomic E-state index is 9.66. The van der Waals surface area contributed by atoms with Crippen molar-refractivity contribution in [2.45, 2.75) is 38.5 Å². The first-order valence-corrected chi connectivity index (χ1v) is 11.3. The molecule has 3 heterocycles. The number of benzene rings is 1. The predicted octanol–water partition coefficient (Wildman–Crippen LogP) is 5.38. The van der Waals surface area contributed by atoms with Crippen LogP contribution < -0.4 is 5.32 Å². The quantitative estimate of drug-likeness (QED) is 0.413. The van der Waals surface area contributed by atoms with E-state index in [4.69, 9.17) is 9.97 Å². The Morgan fingerprint density at radius 3 is 2.77 bits per heavy atom. The van der Waals surface area contributed by atoms with E-state index in [1.54, 1.807) is 18.5 Å². The summed E-state index contributed by atoms with van der Waals surface area (Å²) in [5.41, 5.74) is 3.58. The van der Waals surface area contributed by atoms with Crippen LogP contribution >= 0.6 is 11.3 Å². The Bertz CT molecular complexity index is 1170. The fraction of sp³-hybridized carbons (Fsp3) is 0.292. The third-order valence-corrected chi connectivity index (χ3v) is 6.78. The van der Waals surface area contributed by atoms with Gasteiger partial charge in [-0.15, -0.1) is 11.3 Å². The Kier molecular flexibility index (Phi) is 5.32. The lowest BCUT2D eigenvalue weighted by Crippen LogP contribution is -2.07. The summed E-state index contributed by atoms with van der Waals surface area (Å²) >= 11 is 1.83. The van der Waals surface area contributed by atoms with Crippen LogP contribution in [-0.4, -0.2) is 26.6 Å². The molecule has 5 nitrogen and oxygen atoms in total. The number of nitrogens with zero attached hydrogens (tertiary/aromatic N) is 3. The minimum absolute atomic E-state index is 0.324. The standard InChI is InChI=1S/C24H24N4OS/c29-18-7-3-5-16(15-18)6-4-12-26-23-21-19-8-1-2-9-20(19)30-24(21)28-22(27-23)17-10-13-25-14-11-17/h3,5,7,10-11,13-15,29H,1-2,4,6,8-9,12H2,(H,26,27,28). The number of aromatic hydroxyl groups is 1. The number of pyridine rings is 1. The first-order chi connectivity index (χ1) is 14.8. The maximum Gasteiger partial charge on any atom is 0.163 e. The van der Waals surface area contributed by atoms with Crippen LogP contribution in [0.5, 0.6) is 5.75 Å². The lowest BCUT2D eigenvalue weighted by Gasteiger charge is -2.13. The van der Waals surface area contributed by atoms with Gasteiger partial charge in [0.25, 0.3) is 0 Å². The van der Waals surface area contributed by atoms with Gasteiger partial charge in [0.15, 0.2) is 5.82 Å². The number of nitrogens with one attached hydrogen (secondary N) is 1. The van der Waals surface area contributed by atoms with E-state index in [2.05, 4.69) is 16.4 Å². The first kappa shape index (κ1) is 19.0. The number of rotatable bonds is 6. The zero-order valence-electron chi connectivity index (χ0n) is 16.8. The van der Waals surface area contributed by atoms with Crippen LogP contribution in [0, 0.1) is 0 Å². The van der Waals surface area contributed by atoms with Crippen LogP contribution in [0.15, 0.2) is 48.8 Å². The number of fused-ring (bicyclic) bond motifs is 3. The molecule has 1 aliphatic rings. The van der Waals surface area contributed by atoms with E-state index in [0.717, 1.165) is 59.8 Å². The summed E-state index contributed by atoms with van der Waals surface area (Å²) in [5.74, 6) is 2.02. The molecular formula is C24H24N4OS. The molecule has 0 saturated heterocycles. The number of phenols is 1. The molecule has 0 atom stereocenters. The van der Waals surface area contributed by atoms with Gasteiger partial charge in [-0.05, 0) is 73.9 Å². The first-order valence-electron chi connectivity index (χ1n) is 10.5. The lowest BCUT2D eigenvalue weighted by molar-refractivity contribution is 0.474. The molecule has 6 heteroatoms. The third kappa shape index (κ3) is 3.87. The molecule has 5 rings (SSSR count). The van der Waals surface area contributed by atoms with Crippen LogP contribution in [0.3, 0.4) is 0 Å². The van der Waals surface area contributed by atoms with Crippen molar-refractivity contribution in [2.75, 3.05) is 11.9 Å². The van der Waals surface area contributed by atoms with Gasteiger partial charge in [-0.25, -0.2) is 9.97 Å². The van der Waals surface area contributed by atoms with Crippen molar-refractivity contribution in [3.05, 3.63) is 64.8 Å². The van der Waals surface area contributed by atoms with E-state index >= 15 is 0 Å². The molecule has 0 fully saturated rings. The number of aryl methyl sites for hydroxylation is 3. The lowest BCUT2D eigenvalue weighted by atomic mass is 9.97. The number of thiophene rings is 1. The maximum absolute atomic E-state index is 9.66. The van der Waals surface area contributed by atoms with Gasteiger partial charge in [0, 0.05) is 29.4 Å². The number of phenolic OH excluding ortho intramolecular Hbond substituents is 1. The largest absolute Gasteiger partial charge is 0.508 e. The highest BCUT2D eigenvalue weighted by molar-refractivity contribution is 7.19. The second-order valence-corrected chi connectivity index (χ2v) is 8.81. The van der Waals surface area contributed by atoms with Crippen molar-refractivity contribution in [2.24, 2.45) is 0 Å². The van der Waals surface area contributed by atoms with Gasteiger partial charge >= 0.3 is 0 Å². The van der Waals surface area contributed by atoms with Crippen molar-refractivity contribution < 1.29 is 5.11 Å². The number of hydrogen-bond acceptors (Lipinski definition) is 6. The predicted molar refractivity (Wildman–Crippen MR) is 122 cm³/mol. The second-order valence-electron chi connectivity index (χ2n) is 7.72. The van der Waals surface area contributed by atoms with Crippen LogP contribution in [0.25, 0.3) is 21.6 Å². The number of hydrogen-bond donors (Lipinski definition) is 2.